The Labute approximate surface area is 76.0 Å². The zero-order chi connectivity index (χ0) is 9.14. The van der Waals surface area contributed by atoms with Crippen LogP contribution < -0.4 is 0 Å². The van der Waals surface area contributed by atoms with Crippen molar-refractivity contribution in [3.05, 3.63) is 6.07 Å². The highest BCUT2D eigenvalue weighted by atomic mass is 32.2. The van der Waals surface area contributed by atoms with E-state index in [1.807, 2.05) is 0 Å². The van der Waals surface area contributed by atoms with E-state index in [0.29, 0.717) is 0 Å². The van der Waals surface area contributed by atoms with Gasteiger partial charge >= 0.3 is 0 Å². The van der Waals surface area contributed by atoms with Gasteiger partial charge in [0.05, 0.1) is 4.90 Å². The van der Waals surface area contributed by atoms with Gasteiger partial charge in [-0.3, -0.25) is 4.57 Å². The second-order valence-corrected chi connectivity index (χ2v) is 3.73. The predicted molar refractivity (Wildman–Crippen MR) is 49.8 cm³/mol. The van der Waals surface area contributed by atoms with Crippen molar-refractivity contribution in [2.75, 3.05) is 5.75 Å². The van der Waals surface area contributed by atoms with E-state index < -0.39 is 0 Å². The molecule has 0 fully saturated rings. The second-order valence-electron chi connectivity index (χ2n) is 2.60. The first-order valence-corrected chi connectivity index (χ1v) is 4.85. The molecule has 1 rings (SSSR count). The molecule has 0 bridgehead atoms. The lowest BCUT2D eigenvalue weighted by molar-refractivity contribution is 0.383. The Bertz CT molecular complexity index is 270. The van der Waals surface area contributed by atoms with Gasteiger partial charge in [0.25, 0.3) is 0 Å². The van der Waals surface area contributed by atoms with Crippen molar-refractivity contribution in [1.82, 2.24) is 4.57 Å². The molecule has 1 aromatic rings. The van der Waals surface area contributed by atoms with Crippen LogP contribution in [0, 0.1) is 0 Å². The summed E-state index contributed by atoms with van der Waals surface area (Å²) in [5, 5.41) is 18.6. The van der Waals surface area contributed by atoms with E-state index >= 15 is 0 Å². The molecule has 0 amide bonds. The fourth-order valence-electron chi connectivity index (χ4n) is 0.871. The smallest absolute Gasteiger partial charge is 0.207 e. The Morgan fingerprint density at radius 3 is 2.58 bits per heavy atom. The third-order valence-corrected chi connectivity index (χ3v) is 2.83. The maximum absolute atomic E-state index is 9.43. The molecule has 2 N–H and O–H groups in total. The molecule has 0 saturated carbocycles. The number of nitrogens with zero attached hydrogens (tertiary/aromatic N) is 1. The SMILES string of the molecule is CCCSc1cc(O)n(C)c1O. The van der Waals surface area contributed by atoms with Crippen LogP contribution in [0.4, 0.5) is 0 Å². The highest BCUT2D eigenvalue weighted by Crippen LogP contribution is 2.34. The largest absolute Gasteiger partial charge is 0.494 e. The van der Waals surface area contributed by atoms with E-state index in [-0.39, 0.29) is 11.8 Å². The molecule has 1 heterocycles. The van der Waals surface area contributed by atoms with E-state index in [0.717, 1.165) is 17.1 Å². The summed E-state index contributed by atoms with van der Waals surface area (Å²) in [7, 11) is 1.63. The fraction of sp³-hybridized carbons (Fsp3) is 0.500. The van der Waals surface area contributed by atoms with Crippen LogP contribution in [0.25, 0.3) is 0 Å². The average molecular weight is 187 g/mol. The first kappa shape index (κ1) is 9.32. The van der Waals surface area contributed by atoms with Crippen LogP contribution in [0.15, 0.2) is 11.0 Å². The Morgan fingerprint density at radius 1 is 1.50 bits per heavy atom. The minimum absolute atomic E-state index is 0.103. The fourth-order valence-corrected chi connectivity index (χ4v) is 1.75. The van der Waals surface area contributed by atoms with Crippen LogP contribution in [0.2, 0.25) is 0 Å². The number of aromatic nitrogens is 1. The normalized spacial score (nSPS) is 10.5. The molecule has 0 aromatic carbocycles. The van der Waals surface area contributed by atoms with Crippen LogP contribution in [0.1, 0.15) is 13.3 Å². The van der Waals surface area contributed by atoms with Crippen LogP contribution in [-0.4, -0.2) is 20.5 Å². The molecule has 3 nitrogen and oxygen atoms in total. The lowest BCUT2D eigenvalue weighted by Crippen LogP contribution is -1.84. The quantitative estimate of drug-likeness (QED) is 0.711. The van der Waals surface area contributed by atoms with Crippen molar-refractivity contribution in [2.24, 2.45) is 7.05 Å². The van der Waals surface area contributed by atoms with Crippen molar-refractivity contribution in [3.63, 3.8) is 0 Å². The van der Waals surface area contributed by atoms with Crippen molar-refractivity contribution < 1.29 is 10.2 Å². The molecular formula is C8H13NO2S. The Balaban J connectivity index is 2.79. The Hall–Kier alpha value is -0.770. The van der Waals surface area contributed by atoms with Gasteiger partial charge in [0.15, 0.2) is 5.88 Å². The van der Waals surface area contributed by atoms with Gasteiger partial charge in [0, 0.05) is 13.1 Å². The summed E-state index contributed by atoms with van der Waals surface area (Å²) in [4.78, 5) is 0.747. The summed E-state index contributed by atoms with van der Waals surface area (Å²) in [5.74, 6) is 1.20. The maximum Gasteiger partial charge on any atom is 0.207 e. The molecular weight excluding hydrogens is 174 g/mol. The van der Waals surface area contributed by atoms with E-state index in [9.17, 15) is 10.2 Å². The summed E-state index contributed by atoms with van der Waals surface area (Å²) in [6, 6.07) is 1.58. The third kappa shape index (κ3) is 1.69. The standard InChI is InChI=1S/C8H13NO2S/c1-3-4-12-6-5-7(10)9(2)8(6)11/h5,10-11H,3-4H2,1-2H3. The molecule has 0 spiro atoms. The van der Waals surface area contributed by atoms with Gasteiger partial charge in [0.2, 0.25) is 5.88 Å². The molecule has 0 atom stereocenters. The summed E-state index contributed by atoms with van der Waals surface area (Å²) in [6.07, 6.45) is 1.06. The maximum atomic E-state index is 9.43. The van der Waals surface area contributed by atoms with Gasteiger partial charge in [-0.25, -0.2) is 0 Å². The van der Waals surface area contributed by atoms with Crippen LogP contribution in [0.5, 0.6) is 11.8 Å². The summed E-state index contributed by atoms with van der Waals surface area (Å²) in [6.45, 7) is 2.08. The summed E-state index contributed by atoms with van der Waals surface area (Å²) >= 11 is 1.55. The predicted octanol–water partition coefficient (Wildman–Crippen LogP) is 1.94. The van der Waals surface area contributed by atoms with E-state index in [1.165, 1.54) is 4.57 Å². The molecule has 68 valence electrons. The highest BCUT2D eigenvalue weighted by Gasteiger charge is 2.09. The molecule has 0 unspecified atom stereocenters. The Kier molecular flexibility index (Phi) is 2.92. The second kappa shape index (κ2) is 3.76. The summed E-state index contributed by atoms with van der Waals surface area (Å²) in [5.41, 5.74) is 0. The average Bonchev–Trinajstić information content (AvgIpc) is 2.30. The van der Waals surface area contributed by atoms with Gasteiger partial charge in [0.1, 0.15) is 0 Å². The summed E-state index contributed by atoms with van der Waals surface area (Å²) < 4.78 is 1.36. The van der Waals surface area contributed by atoms with Crippen LogP contribution in [0.3, 0.4) is 0 Å². The van der Waals surface area contributed by atoms with Crippen molar-refractivity contribution >= 4 is 11.8 Å². The lowest BCUT2D eigenvalue weighted by Gasteiger charge is -1.98. The first-order chi connectivity index (χ1) is 5.66. The molecule has 12 heavy (non-hydrogen) atoms. The lowest BCUT2D eigenvalue weighted by atomic mass is 10.6. The topological polar surface area (TPSA) is 45.4 Å². The van der Waals surface area contributed by atoms with Crippen molar-refractivity contribution in [1.29, 1.82) is 0 Å². The minimum Gasteiger partial charge on any atom is -0.494 e. The molecule has 0 aliphatic heterocycles. The van der Waals surface area contributed by atoms with Crippen molar-refractivity contribution in [3.8, 4) is 11.8 Å². The molecule has 0 aliphatic rings. The molecule has 0 radical (unpaired) electrons. The van der Waals surface area contributed by atoms with Gasteiger partial charge in [-0.1, -0.05) is 6.92 Å². The van der Waals surface area contributed by atoms with E-state index in [2.05, 4.69) is 6.92 Å². The number of hydrogen-bond donors (Lipinski definition) is 2. The molecule has 4 heteroatoms. The first-order valence-electron chi connectivity index (χ1n) is 3.87. The van der Waals surface area contributed by atoms with Crippen LogP contribution >= 0.6 is 11.8 Å². The zero-order valence-electron chi connectivity index (χ0n) is 7.24. The van der Waals surface area contributed by atoms with E-state index in [1.54, 1.807) is 24.9 Å². The van der Waals surface area contributed by atoms with Crippen LogP contribution in [-0.2, 0) is 7.05 Å². The molecule has 0 saturated heterocycles. The minimum atomic E-state index is 0.103. The number of hydrogen-bond acceptors (Lipinski definition) is 3. The molecule has 1 aromatic heterocycles. The monoisotopic (exact) mass is 187 g/mol. The molecule has 0 aliphatic carbocycles. The number of thioether (sulfide) groups is 1. The third-order valence-electron chi connectivity index (χ3n) is 1.60. The van der Waals surface area contributed by atoms with Gasteiger partial charge in [-0.2, -0.15) is 0 Å². The number of aromatic hydroxyl groups is 2. The van der Waals surface area contributed by atoms with Gasteiger partial charge < -0.3 is 10.2 Å². The van der Waals surface area contributed by atoms with Crippen molar-refractivity contribution in [2.45, 2.75) is 18.2 Å². The zero-order valence-corrected chi connectivity index (χ0v) is 8.06. The van der Waals surface area contributed by atoms with Gasteiger partial charge in [-0.05, 0) is 12.2 Å². The van der Waals surface area contributed by atoms with Gasteiger partial charge in [-0.15, -0.1) is 11.8 Å². The number of rotatable bonds is 3. The Morgan fingerprint density at radius 2 is 2.17 bits per heavy atom. The highest BCUT2D eigenvalue weighted by molar-refractivity contribution is 7.99. The van der Waals surface area contributed by atoms with E-state index in [4.69, 9.17) is 0 Å².